The van der Waals surface area contributed by atoms with Crippen LogP contribution in [0.5, 0.6) is 0 Å². The molecule has 2 aromatic heterocycles. The Balaban J connectivity index is 1.92. The van der Waals surface area contributed by atoms with Crippen molar-refractivity contribution < 1.29 is 9.53 Å². The predicted molar refractivity (Wildman–Crippen MR) is 115 cm³/mol. The lowest BCUT2D eigenvalue weighted by Gasteiger charge is -2.32. The lowest BCUT2D eigenvalue weighted by Crippen LogP contribution is -2.39. The minimum Gasteiger partial charge on any atom is -0.443 e. The molecule has 0 saturated heterocycles. The first kappa shape index (κ1) is 19.2. The summed E-state index contributed by atoms with van der Waals surface area (Å²) in [5.74, 6) is 0.647. The second-order valence-electron chi connectivity index (χ2n) is 8.24. The summed E-state index contributed by atoms with van der Waals surface area (Å²) >= 11 is 3.52. The number of hydrogen-bond donors (Lipinski definition) is 0. The molecule has 1 saturated carbocycles. The average molecular weight is 445 g/mol. The van der Waals surface area contributed by atoms with Gasteiger partial charge in [0.15, 0.2) is 0 Å². The molecule has 0 radical (unpaired) electrons. The first-order valence-electron chi connectivity index (χ1n) is 9.75. The zero-order valence-electron chi connectivity index (χ0n) is 16.7. The second kappa shape index (κ2) is 7.03. The zero-order valence-corrected chi connectivity index (χ0v) is 18.3. The van der Waals surface area contributed by atoms with Gasteiger partial charge in [0.05, 0.1) is 17.2 Å². The van der Waals surface area contributed by atoms with Gasteiger partial charge < -0.3 is 9.30 Å². The molecule has 1 aromatic carbocycles. The fraction of sp³-hybridized carbons (Fsp3) is 0.476. The van der Waals surface area contributed by atoms with Gasteiger partial charge in [-0.15, -0.1) is 0 Å². The molecule has 0 unspecified atom stereocenters. The number of carbonyl (C=O) groups excluding carboxylic acids is 1. The second-order valence-corrected chi connectivity index (χ2v) is 9.16. The highest BCUT2D eigenvalue weighted by Crippen LogP contribution is 2.40. The van der Waals surface area contributed by atoms with Crippen LogP contribution in [-0.4, -0.2) is 32.8 Å². The van der Waals surface area contributed by atoms with Gasteiger partial charge >= 0.3 is 6.09 Å². The van der Waals surface area contributed by atoms with Crippen LogP contribution in [-0.2, 0) is 4.74 Å². The normalized spacial score (nSPS) is 15.0. The van der Waals surface area contributed by atoms with Crippen LogP contribution in [0.3, 0.4) is 0 Å². The van der Waals surface area contributed by atoms with Crippen molar-refractivity contribution in [2.75, 3.05) is 11.4 Å². The fourth-order valence-electron chi connectivity index (χ4n) is 3.59. The fourth-order valence-corrected chi connectivity index (χ4v) is 3.94. The maximum absolute atomic E-state index is 12.9. The Morgan fingerprint density at radius 1 is 1.32 bits per heavy atom. The van der Waals surface area contributed by atoms with Crippen molar-refractivity contribution in [2.24, 2.45) is 0 Å². The molecule has 1 aliphatic rings. The molecule has 0 spiro atoms. The molecule has 4 rings (SSSR count). The van der Waals surface area contributed by atoms with Crippen molar-refractivity contribution >= 4 is 49.9 Å². The molecule has 0 bridgehead atoms. The SMILES string of the molecule is CCN(C(=O)OC(C)(C)C)c1nc2cnc3cc(Br)ccc3c2n1C1CCC1. The van der Waals surface area contributed by atoms with Crippen LogP contribution in [0.25, 0.3) is 21.9 Å². The number of imidazole rings is 1. The van der Waals surface area contributed by atoms with Crippen molar-refractivity contribution in [2.45, 2.75) is 58.6 Å². The molecular weight excluding hydrogens is 420 g/mol. The number of benzene rings is 1. The number of hydrogen-bond acceptors (Lipinski definition) is 4. The highest BCUT2D eigenvalue weighted by atomic mass is 79.9. The van der Waals surface area contributed by atoms with E-state index in [4.69, 9.17) is 9.72 Å². The molecule has 2 heterocycles. The number of carbonyl (C=O) groups is 1. The Morgan fingerprint density at radius 3 is 2.68 bits per heavy atom. The van der Waals surface area contributed by atoms with Crippen molar-refractivity contribution in [1.29, 1.82) is 0 Å². The maximum Gasteiger partial charge on any atom is 0.417 e. The molecule has 28 heavy (non-hydrogen) atoms. The molecule has 3 aromatic rings. The van der Waals surface area contributed by atoms with Crippen molar-refractivity contribution in [3.63, 3.8) is 0 Å². The van der Waals surface area contributed by atoms with Crippen LogP contribution in [0.4, 0.5) is 10.7 Å². The largest absolute Gasteiger partial charge is 0.443 e. The molecule has 148 valence electrons. The number of fused-ring (bicyclic) bond motifs is 3. The van der Waals surface area contributed by atoms with Gasteiger partial charge in [-0.25, -0.2) is 14.7 Å². The molecule has 0 aliphatic heterocycles. The van der Waals surface area contributed by atoms with Gasteiger partial charge in [0.2, 0.25) is 5.95 Å². The van der Waals surface area contributed by atoms with E-state index in [0.29, 0.717) is 18.5 Å². The Kier molecular flexibility index (Phi) is 4.81. The van der Waals surface area contributed by atoms with E-state index in [9.17, 15) is 4.79 Å². The lowest BCUT2D eigenvalue weighted by molar-refractivity contribution is 0.0578. The third-order valence-corrected chi connectivity index (χ3v) is 5.56. The van der Waals surface area contributed by atoms with Gasteiger partial charge in [0.1, 0.15) is 11.1 Å². The molecule has 0 N–H and O–H groups in total. The number of aromatic nitrogens is 3. The van der Waals surface area contributed by atoms with Crippen molar-refractivity contribution in [1.82, 2.24) is 14.5 Å². The van der Waals surface area contributed by atoms with Gasteiger partial charge in [-0.2, -0.15) is 0 Å². The van der Waals surface area contributed by atoms with Gasteiger partial charge in [0, 0.05) is 22.4 Å². The van der Waals surface area contributed by atoms with Crippen LogP contribution in [0.2, 0.25) is 0 Å². The molecule has 1 aliphatic carbocycles. The maximum atomic E-state index is 12.9. The topological polar surface area (TPSA) is 60.3 Å². The monoisotopic (exact) mass is 444 g/mol. The van der Waals surface area contributed by atoms with E-state index >= 15 is 0 Å². The van der Waals surface area contributed by atoms with Crippen LogP contribution in [0, 0.1) is 0 Å². The smallest absolute Gasteiger partial charge is 0.417 e. The third kappa shape index (κ3) is 3.36. The van der Waals surface area contributed by atoms with Crippen LogP contribution in [0.1, 0.15) is 53.0 Å². The summed E-state index contributed by atoms with van der Waals surface area (Å²) in [4.78, 5) is 23.9. The third-order valence-electron chi connectivity index (χ3n) is 5.07. The van der Waals surface area contributed by atoms with Crippen LogP contribution >= 0.6 is 15.9 Å². The molecular formula is C21H25BrN4O2. The van der Waals surface area contributed by atoms with Gasteiger partial charge in [-0.1, -0.05) is 15.9 Å². The summed E-state index contributed by atoms with van der Waals surface area (Å²) in [5.41, 5.74) is 2.20. The Labute approximate surface area is 173 Å². The number of ether oxygens (including phenoxy) is 1. The summed E-state index contributed by atoms with van der Waals surface area (Å²) in [6.45, 7) is 8.07. The quantitative estimate of drug-likeness (QED) is 0.509. The van der Waals surface area contributed by atoms with Gasteiger partial charge in [0.25, 0.3) is 0 Å². The Hall–Kier alpha value is -2.15. The Bertz CT molecular complexity index is 1050. The average Bonchev–Trinajstić information content (AvgIpc) is 2.91. The molecule has 7 heteroatoms. The summed E-state index contributed by atoms with van der Waals surface area (Å²) in [6.07, 6.45) is 4.80. The number of pyridine rings is 1. The number of anilines is 1. The van der Waals surface area contributed by atoms with E-state index in [-0.39, 0.29) is 6.09 Å². The van der Waals surface area contributed by atoms with Crippen LogP contribution in [0.15, 0.2) is 28.9 Å². The molecule has 1 amide bonds. The van der Waals surface area contributed by atoms with E-state index in [0.717, 1.165) is 39.3 Å². The van der Waals surface area contributed by atoms with E-state index in [1.165, 1.54) is 6.42 Å². The summed E-state index contributed by atoms with van der Waals surface area (Å²) < 4.78 is 8.86. The van der Waals surface area contributed by atoms with E-state index in [2.05, 4.69) is 31.5 Å². The van der Waals surface area contributed by atoms with Crippen molar-refractivity contribution in [3.05, 3.63) is 28.9 Å². The summed E-state index contributed by atoms with van der Waals surface area (Å²) in [7, 11) is 0. The van der Waals surface area contributed by atoms with E-state index < -0.39 is 5.60 Å². The van der Waals surface area contributed by atoms with E-state index in [1.54, 1.807) is 11.1 Å². The number of nitrogens with zero attached hydrogens (tertiary/aromatic N) is 4. The summed E-state index contributed by atoms with van der Waals surface area (Å²) in [6, 6.07) is 6.44. The Morgan fingerprint density at radius 2 is 2.07 bits per heavy atom. The van der Waals surface area contributed by atoms with Gasteiger partial charge in [-0.05, 0) is 65.2 Å². The highest BCUT2D eigenvalue weighted by Gasteiger charge is 2.32. The zero-order chi connectivity index (χ0) is 20.1. The first-order valence-corrected chi connectivity index (χ1v) is 10.5. The molecule has 1 fully saturated rings. The number of halogens is 1. The van der Waals surface area contributed by atoms with Gasteiger partial charge in [-0.3, -0.25) is 4.98 Å². The molecule has 6 nitrogen and oxygen atoms in total. The first-order chi connectivity index (χ1) is 13.3. The highest BCUT2D eigenvalue weighted by molar-refractivity contribution is 9.10. The molecule has 0 atom stereocenters. The number of amides is 1. The minimum absolute atomic E-state index is 0.339. The minimum atomic E-state index is -0.557. The predicted octanol–water partition coefficient (Wildman–Crippen LogP) is 5.83. The lowest BCUT2D eigenvalue weighted by atomic mass is 9.92. The standard InChI is InChI=1S/C21H25BrN4O2/c1-5-25(20(27)28-21(2,3)4)19-24-17-12-23-16-11-13(22)9-10-15(16)18(17)26(19)14-7-6-8-14/h9-12,14H,5-8H2,1-4H3. The van der Waals surface area contributed by atoms with E-state index in [1.807, 2.05) is 39.8 Å². The summed E-state index contributed by atoms with van der Waals surface area (Å²) in [5, 5.41) is 1.05. The number of rotatable bonds is 3. The van der Waals surface area contributed by atoms with Crippen molar-refractivity contribution in [3.8, 4) is 0 Å². The van der Waals surface area contributed by atoms with Crippen LogP contribution < -0.4 is 4.90 Å².